The molecule has 0 spiro atoms. The van der Waals surface area contributed by atoms with Crippen LogP contribution in [0.25, 0.3) is 0 Å². The van der Waals surface area contributed by atoms with Gasteiger partial charge in [-0.25, -0.2) is 4.39 Å². The third kappa shape index (κ3) is 3.65. The monoisotopic (exact) mass is 257 g/mol. The smallest absolute Gasteiger partial charge is 0.123 e. The van der Waals surface area contributed by atoms with Crippen LogP contribution >= 0.6 is 0 Å². The molecule has 0 aromatic heterocycles. The Labute approximate surface area is 114 Å². The van der Waals surface area contributed by atoms with Crippen LogP contribution in [0.5, 0.6) is 0 Å². The van der Waals surface area contributed by atoms with E-state index in [4.69, 9.17) is 0 Å². The minimum absolute atomic E-state index is 0.173. The van der Waals surface area contributed by atoms with Crippen LogP contribution < -0.4 is 5.32 Å². The molecule has 0 aliphatic heterocycles. The molecule has 100 valence electrons. The normalized spacial score (nSPS) is 12.4. The van der Waals surface area contributed by atoms with Gasteiger partial charge < -0.3 is 5.32 Å². The van der Waals surface area contributed by atoms with Crippen molar-refractivity contribution < 1.29 is 4.39 Å². The first-order valence-electron chi connectivity index (χ1n) is 6.61. The summed E-state index contributed by atoms with van der Waals surface area (Å²) >= 11 is 0. The molecule has 0 fully saturated rings. The SMILES string of the molecule is Cc1ccc([C@H](C)NCc2ccc(F)cc2C)cc1. The third-order valence-electron chi connectivity index (χ3n) is 3.48. The molecule has 0 bridgehead atoms. The van der Waals surface area contributed by atoms with Crippen molar-refractivity contribution in [3.63, 3.8) is 0 Å². The van der Waals surface area contributed by atoms with Gasteiger partial charge in [0.05, 0.1) is 0 Å². The predicted octanol–water partition coefficient (Wildman–Crippen LogP) is 4.29. The summed E-state index contributed by atoms with van der Waals surface area (Å²) in [6.07, 6.45) is 0. The van der Waals surface area contributed by atoms with Crippen LogP contribution in [0.2, 0.25) is 0 Å². The molecule has 0 heterocycles. The Hall–Kier alpha value is -1.67. The average molecular weight is 257 g/mol. The molecule has 1 N–H and O–H groups in total. The van der Waals surface area contributed by atoms with Crippen molar-refractivity contribution in [3.8, 4) is 0 Å². The van der Waals surface area contributed by atoms with E-state index in [2.05, 4.69) is 43.4 Å². The van der Waals surface area contributed by atoms with E-state index < -0.39 is 0 Å². The minimum atomic E-state index is -0.173. The fraction of sp³-hybridized carbons (Fsp3) is 0.294. The molecule has 0 saturated carbocycles. The van der Waals surface area contributed by atoms with Crippen molar-refractivity contribution in [2.45, 2.75) is 33.4 Å². The molecular weight excluding hydrogens is 237 g/mol. The third-order valence-corrected chi connectivity index (χ3v) is 3.48. The summed E-state index contributed by atoms with van der Waals surface area (Å²) in [5, 5.41) is 3.47. The van der Waals surface area contributed by atoms with E-state index in [1.807, 2.05) is 13.0 Å². The van der Waals surface area contributed by atoms with Gasteiger partial charge in [-0.1, -0.05) is 35.9 Å². The van der Waals surface area contributed by atoms with Crippen LogP contribution in [0.15, 0.2) is 42.5 Å². The molecule has 2 aromatic rings. The van der Waals surface area contributed by atoms with Gasteiger partial charge in [0.15, 0.2) is 0 Å². The molecule has 19 heavy (non-hydrogen) atoms. The van der Waals surface area contributed by atoms with Crippen LogP contribution in [0.4, 0.5) is 4.39 Å². The molecule has 2 rings (SSSR count). The Morgan fingerprint density at radius 2 is 1.74 bits per heavy atom. The van der Waals surface area contributed by atoms with Crippen molar-refractivity contribution in [1.29, 1.82) is 0 Å². The van der Waals surface area contributed by atoms with Crippen LogP contribution in [-0.4, -0.2) is 0 Å². The maximum Gasteiger partial charge on any atom is 0.123 e. The minimum Gasteiger partial charge on any atom is -0.306 e. The van der Waals surface area contributed by atoms with Crippen LogP contribution in [0.3, 0.4) is 0 Å². The van der Waals surface area contributed by atoms with E-state index in [0.717, 1.165) is 17.7 Å². The lowest BCUT2D eigenvalue weighted by molar-refractivity contribution is 0.571. The molecule has 0 saturated heterocycles. The van der Waals surface area contributed by atoms with Crippen molar-refractivity contribution in [1.82, 2.24) is 5.32 Å². The predicted molar refractivity (Wildman–Crippen MR) is 77.6 cm³/mol. The van der Waals surface area contributed by atoms with Gasteiger partial charge in [0, 0.05) is 12.6 Å². The summed E-state index contributed by atoms with van der Waals surface area (Å²) in [6, 6.07) is 13.8. The summed E-state index contributed by atoms with van der Waals surface area (Å²) < 4.78 is 13.0. The quantitative estimate of drug-likeness (QED) is 0.861. The Balaban J connectivity index is 2.00. The lowest BCUT2D eigenvalue weighted by Gasteiger charge is -2.15. The zero-order valence-electron chi connectivity index (χ0n) is 11.7. The lowest BCUT2D eigenvalue weighted by atomic mass is 10.1. The molecular formula is C17H20FN. The number of hydrogen-bond donors (Lipinski definition) is 1. The van der Waals surface area contributed by atoms with E-state index in [9.17, 15) is 4.39 Å². The number of halogens is 1. The van der Waals surface area contributed by atoms with Crippen molar-refractivity contribution in [2.24, 2.45) is 0 Å². The fourth-order valence-corrected chi connectivity index (χ4v) is 2.09. The zero-order valence-corrected chi connectivity index (χ0v) is 11.7. The second kappa shape index (κ2) is 5.98. The van der Waals surface area contributed by atoms with Crippen LogP contribution in [0.1, 0.15) is 35.2 Å². The number of rotatable bonds is 4. The highest BCUT2D eigenvalue weighted by Gasteiger charge is 2.06. The molecule has 0 radical (unpaired) electrons. The highest BCUT2D eigenvalue weighted by molar-refractivity contribution is 5.27. The fourth-order valence-electron chi connectivity index (χ4n) is 2.09. The van der Waals surface area contributed by atoms with Gasteiger partial charge in [0.1, 0.15) is 5.82 Å². The topological polar surface area (TPSA) is 12.0 Å². The van der Waals surface area contributed by atoms with Gasteiger partial charge in [0.25, 0.3) is 0 Å². The summed E-state index contributed by atoms with van der Waals surface area (Å²) in [6.45, 7) is 6.92. The lowest BCUT2D eigenvalue weighted by Crippen LogP contribution is -2.18. The molecule has 2 heteroatoms. The van der Waals surface area contributed by atoms with Crippen LogP contribution in [-0.2, 0) is 6.54 Å². The second-order valence-electron chi connectivity index (χ2n) is 5.08. The number of aryl methyl sites for hydroxylation is 2. The van der Waals surface area contributed by atoms with E-state index in [1.54, 1.807) is 6.07 Å². The molecule has 0 amide bonds. The molecule has 0 unspecified atom stereocenters. The van der Waals surface area contributed by atoms with Gasteiger partial charge in [0.2, 0.25) is 0 Å². The first kappa shape index (κ1) is 13.8. The second-order valence-corrected chi connectivity index (χ2v) is 5.08. The molecule has 0 aliphatic rings. The van der Waals surface area contributed by atoms with Gasteiger partial charge >= 0.3 is 0 Å². The summed E-state index contributed by atoms with van der Waals surface area (Å²) in [7, 11) is 0. The van der Waals surface area contributed by atoms with E-state index in [-0.39, 0.29) is 11.9 Å². The van der Waals surface area contributed by atoms with Gasteiger partial charge in [-0.15, -0.1) is 0 Å². The number of hydrogen-bond acceptors (Lipinski definition) is 1. The maximum atomic E-state index is 13.0. The molecule has 2 aromatic carbocycles. The Morgan fingerprint density at radius 3 is 2.37 bits per heavy atom. The van der Waals surface area contributed by atoms with Crippen molar-refractivity contribution >= 4 is 0 Å². The first-order chi connectivity index (χ1) is 9.06. The summed E-state index contributed by atoms with van der Waals surface area (Å²) in [5.74, 6) is -0.173. The summed E-state index contributed by atoms with van der Waals surface area (Å²) in [5.41, 5.74) is 4.67. The molecule has 0 aliphatic carbocycles. The average Bonchev–Trinajstić information content (AvgIpc) is 2.38. The number of nitrogens with one attached hydrogen (secondary N) is 1. The maximum absolute atomic E-state index is 13.0. The van der Waals surface area contributed by atoms with Gasteiger partial charge in [-0.3, -0.25) is 0 Å². The van der Waals surface area contributed by atoms with Gasteiger partial charge in [-0.2, -0.15) is 0 Å². The summed E-state index contributed by atoms with van der Waals surface area (Å²) in [4.78, 5) is 0. The van der Waals surface area contributed by atoms with Crippen molar-refractivity contribution in [2.75, 3.05) is 0 Å². The standard InChI is InChI=1S/C17H20FN/c1-12-4-6-15(7-5-12)14(3)19-11-16-8-9-17(18)10-13(16)2/h4-10,14,19H,11H2,1-3H3/t14-/m0/s1. The van der Waals surface area contributed by atoms with Crippen molar-refractivity contribution in [3.05, 3.63) is 70.5 Å². The largest absolute Gasteiger partial charge is 0.306 e. The Kier molecular flexibility index (Phi) is 4.33. The molecule has 1 nitrogen and oxygen atoms in total. The highest BCUT2D eigenvalue weighted by atomic mass is 19.1. The molecule has 1 atom stereocenters. The number of benzene rings is 2. The van der Waals surface area contributed by atoms with E-state index in [0.29, 0.717) is 0 Å². The van der Waals surface area contributed by atoms with E-state index >= 15 is 0 Å². The zero-order chi connectivity index (χ0) is 13.8. The van der Waals surface area contributed by atoms with Gasteiger partial charge in [-0.05, 0) is 49.6 Å². The Bertz CT molecular complexity index is 546. The van der Waals surface area contributed by atoms with E-state index in [1.165, 1.54) is 17.2 Å². The highest BCUT2D eigenvalue weighted by Crippen LogP contribution is 2.15. The van der Waals surface area contributed by atoms with Crippen LogP contribution in [0, 0.1) is 19.7 Å². The first-order valence-corrected chi connectivity index (χ1v) is 6.61. The Morgan fingerprint density at radius 1 is 1.05 bits per heavy atom.